The minimum Gasteiger partial charge on any atom is -0.494 e. The van der Waals surface area contributed by atoms with Crippen LogP contribution in [0.15, 0.2) is 30.9 Å². The maximum atomic E-state index is 13.2. The number of hydrogen-bond donors (Lipinski definition) is 1. The summed E-state index contributed by atoms with van der Waals surface area (Å²) in [5.41, 5.74) is 0.960. The molecule has 1 rings (SSSR count). The van der Waals surface area contributed by atoms with E-state index < -0.39 is 0 Å². The lowest BCUT2D eigenvalue weighted by molar-refractivity contribution is 0.385. The highest BCUT2D eigenvalue weighted by Gasteiger charge is 2.09. The quantitative estimate of drug-likeness (QED) is 0.748. The summed E-state index contributed by atoms with van der Waals surface area (Å²) < 4.78 is 18.2. The summed E-state index contributed by atoms with van der Waals surface area (Å²) in [6.07, 6.45) is 2.85. The van der Waals surface area contributed by atoms with Gasteiger partial charge in [0.05, 0.1) is 13.2 Å². The monoisotopic (exact) mass is 223 g/mol. The zero-order valence-corrected chi connectivity index (χ0v) is 9.79. The second kappa shape index (κ2) is 6.28. The van der Waals surface area contributed by atoms with Gasteiger partial charge in [-0.15, -0.1) is 6.58 Å². The van der Waals surface area contributed by atoms with Gasteiger partial charge >= 0.3 is 0 Å². The predicted octanol–water partition coefficient (Wildman–Crippen LogP) is 3.06. The molecule has 0 fully saturated rings. The first-order valence-electron chi connectivity index (χ1n) is 5.42. The highest BCUT2D eigenvalue weighted by molar-refractivity contribution is 5.33. The Hall–Kier alpha value is -1.35. The number of methoxy groups -OCH3 is 1. The third kappa shape index (κ3) is 3.07. The number of rotatable bonds is 6. The molecule has 0 aliphatic rings. The van der Waals surface area contributed by atoms with E-state index in [4.69, 9.17) is 4.74 Å². The van der Waals surface area contributed by atoms with Crippen molar-refractivity contribution in [3.63, 3.8) is 0 Å². The van der Waals surface area contributed by atoms with Gasteiger partial charge in [0.1, 0.15) is 0 Å². The molecule has 3 heteroatoms. The Morgan fingerprint density at radius 2 is 2.31 bits per heavy atom. The van der Waals surface area contributed by atoms with Crippen molar-refractivity contribution in [3.8, 4) is 5.75 Å². The van der Waals surface area contributed by atoms with Gasteiger partial charge in [-0.3, -0.25) is 0 Å². The standard InChI is InChI=1S/C13H18FNO/c1-4-8-15-12(5-2)10-6-7-11(14)13(9-10)16-3/h5-7,9,12,15H,2,4,8H2,1,3H3. The SMILES string of the molecule is C=CC(NCCC)c1ccc(F)c(OC)c1. The molecule has 0 aromatic heterocycles. The van der Waals surface area contributed by atoms with Crippen LogP contribution in [-0.4, -0.2) is 13.7 Å². The Bertz CT molecular complexity index is 352. The summed E-state index contributed by atoms with van der Waals surface area (Å²) in [4.78, 5) is 0. The van der Waals surface area contributed by atoms with Gasteiger partial charge in [-0.2, -0.15) is 0 Å². The van der Waals surface area contributed by atoms with Crippen molar-refractivity contribution in [1.29, 1.82) is 0 Å². The summed E-state index contributed by atoms with van der Waals surface area (Å²) in [5, 5.41) is 3.31. The Morgan fingerprint density at radius 1 is 1.56 bits per heavy atom. The smallest absolute Gasteiger partial charge is 0.165 e. The van der Waals surface area contributed by atoms with Gasteiger partial charge in [-0.1, -0.05) is 19.1 Å². The summed E-state index contributed by atoms with van der Waals surface area (Å²) in [6.45, 7) is 6.77. The molecule has 0 spiro atoms. The van der Waals surface area contributed by atoms with E-state index in [1.165, 1.54) is 13.2 Å². The minimum atomic E-state index is -0.343. The lowest BCUT2D eigenvalue weighted by Gasteiger charge is -2.15. The molecular formula is C13H18FNO. The van der Waals surface area contributed by atoms with Crippen LogP contribution in [0, 0.1) is 5.82 Å². The van der Waals surface area contributed by atoms with Crippen molar-refractivity contribution in [3.05, 3.63) is 42.2 Å². The van der Waals surface area contributed by atoms with Gasteiger partial charge in [0, 0.05) is 0 Å². The summed E-state index contributed by atoms with van der Waals surface area (Å²) in [5.74, 6) is -0.0767. The van der Waals surface area contributed by atoms with Gasteiger partial charge in [0.25, 0.3) is 0 Å². The van der Waals surface area contributed by atoms with Crippen molar-refractivity contribution in [1.82, 2.24) is 5.32 Å². The van der Waals surface area contributed by atoms with E-state index in [0.717, 1.165) is 18.5 Å². The first-order chi connectivity index (χ1) is 7.72. The fourth-order valence-electron chi connectivity index (χ4n) is 1.51. The molecule has 0 bridgehead atoms. The molecule has 1 N–H and O–H groups in total. The molecule has 16 heavy (non-hydrogen) atoms. The van der Waals surface area contributed by atoms with Crippen molar-refractivity contribution >= 4 is 0 Å². The molecule has 88 valence electrons. The number of halogens is 1. The van der Waals surface area contributed by atoms with Crippen LogP contribution in [0.3, 0.4) is 0 Å². The molecule has 0 heterocycles. The maximum Gasteiger partial charge on any atom is 0.165 e. The van der Waals surface area contributed by atoms with Crippen LogP contribution >= 0.6 is 0 Å². The molecule has 1 atom stereocenters. The average molecular weight is 223 g/mol. The fraction of sp³-hybridized carbons (Fsp3) is 0.385. The van der Waals surface area contributed by atoms with Gasteiger partial charge in [-0.25, -0.2) is 4.39 Å². The third-order valence-electron chi connectivity index (χ3n) is 2.38. The molecule has 0 saturated heterocycles. The molecule has 0 aliphatic carbocycles. The normalized spacial score (nSPS) is 12.2. The van der Waals surface area contributed by atoms with Crippen molar-refractivity contribution in [2.24, 2.45) is 0 Å². The Balaban J connectivity index is 2.88. The van der Waals surface area contributed by atoms with Crippen molar-refractivity contribution < 1.29 is 9.13 Å². The van der Waals surface area contributed by atoms with Gasteiger partial charge in [0.15, 0.2) is 11.6 Å². The molecule has 1 unspecified atom stereocenters. The van der Waals surface area contributed by atoms with Gasteiger partial charge in [-0.05, 0) is 30.7 Å². The Labute approximate surface area is 96.1 Å². The van der Waals surface area contributed by atoms with Crippen LogP contribution in [0.1, 0.15) is 24.9 Å². The first kappa shape index (κ1) is 12.7. The molecule has 0 saturated carbocycles. The largest absolute Gasteiger partial charge is 0.494 e. The molecule has 0 aliphatic heterocycles. The van der Waals surface area contributed by atoms with E-state index in [1.807, 2.05) is 6.08 Å². The van der Waals surface area contributed by atoms with Crippen molar-refractivity contribution in [2.45, 2.75) is 19.4 Å². The predicted molar refractivity (Wildman–Crippen MR) is 64.2 cm³/mol. The van der Waals surface area contributed by atoms with Crippen LogP contribution in [0.25, 0.3) is 0 Å². The summed E-state index contributed by atoms with van der Waals surface area (Å²) in [7, 11) is 1.46. The van der Waals surface area contributed by atoms with Crippen LogP contribution in [0.2, 0.25) is 0 Å². The van der Waals surface area contributed by atoms with Crippen LogP contribution in [0.4, 0.5) is 4.39 Å². The molecule has 1 aromatic carbocycles. The van der Waals surface area contributed by atoms with E-state index in [-0.39, 0.29) is 17.6 Å². The van der Waals surface area contributed by atoms with Gasteiger partial charge < -0.3 is 10.1 Å². The Morgan fingerprint density at radius 3 is 2.88 bits per heavy atom. The van der Waals surface area contributed by atoms with E-state index in [9.17, 15) is 4.39 Å². The van der Waals surface area contributed by atoms with Crippen LogP contribution in [0.5, 0.6) is 5.75 Å². The topological polar surface area (TPSA) is 21.3 Å². The summed E-state index contributed by atoms with van der Waals surface area (Å²) in [6, 6.07) is 4.89. The number of nitrogens with one attached hydrogen (secondary N) is 1. The maximum absolute atomic E-state index is 13.2. The zero-order chi connectivity index (χ0) is 12.0. The lowest BCUT2D eigenvalue weighted by atomic mass is 10.1. The van der Waals surface area contributed by atoms with Crippen LogP contribution < -0.4 is 10.1 Å². The van der Waals surface area contributed by atoms with Gasteiger partial charge in [0.2, 0.25) is 0 Å². The number of ether oxygens (including phenoxy) is 1. The van der Waals surface area contributed by atoms with Crippen molar-refractivity contribution in [2.75, 3.05) is 13.7 Å². The minimum absolute atomic E-state index is 0.0365. The van der Waals surface area contributed by atoms with Crippen LogP contribution in [-0.2, 0) is 0 Å². The number of hydrogen-bond acceptors (Lipinski definition) is 2. The molecular weight excluding hydrogens is 205 g/mol. The highest BCUT2D eigenvalue weighted by Crippen LogP contribution is 2.23. The summed E-state index contributed by atoms with van der Waals surface area (Å²) >= 11 is 0. The van der Waals surface area contributed by atoms with E-state index in [2.05, 4.69) is 18.8 Å². The highest BCUT2D eigenvalue weighted by atomic mass is 19.1. The number of benzene rings is 1. The first-order valence-corrected chi connectivity index (χ1v) is 5.42. The second-order valence-corrected chi connectivity index (χ2v) is 3.56. The lowest BCUT2D eigenvalue weighted by Crippen LogP contribution is -2.20. The average Bonchev–Trinajstić information content (AvgIpc) is 2.32. The Kier molecular flexibility index (Phi) is 4.99. The fourth-order valence-corrected chi connectivity index (χ4v) is 1.51. The zero-order valence-electron chi connectivity index (χ0n) is 9.79. The molecule has 0 amide bonds. The molecule has 0 radical (unpaired) electrons. The van der Waals surface area contributed by atoms with E-state index in [1.54, 1.807) is 12.1 Å². The third-order valence-corrected chi connectivity index (χ3v) is 2.38. The molecule has 1 aromatic rings. The second-order valence-electron chi connectivity index (χ2n) is 3.56. The van der Waals surface area contributed by atoms with E-state index >= 15 is 0 Å². The van der Waals surface area contributed by atoms with E-state index in [0.29, 0.717) is 0 Å². The molecule has 2 nitrogen and oxygen atoms in total.